The van der Waals surface area contributed by atoms with E-state index in [9.17, 15) is 14.0 Å². The number of anilines is 4. The first-order valence-electron chi connectivity index (χ1n) is 11.8. The first kappa shape index (κ1) is 24.3. The molecule has 0 bridgehead atoms. The van der Waals surface area contributed by atoms with Gasteiger partial charge in [-0.1, -0.05) is 12.8 Å². The normalized spacial score (nSPS) is 18.2. The summed E-state index contributed by atoms with van der Waals surface area (Å²) in [5.41, 5.74) is 12.7. The van der Waals surface area contributed by atoms with Gasteiger partial charge in [-0.25, -0.2) is 9.37 Å². The molecule has 2 amide bonds. The van der Waals surface area contributed by atoms with Crippen LogP contribution in [0.4, 0.5) is 27.4 Å². The minimum Gasteiger partial charge on any atom is -0.454 e. The van der Waals surface area contributed by atoms with Gasteiger partial charge in [-0.2, -0.15) is 0 Å². The fourth-order valence-corrected chi connectivity index (χ4v) is 4.34. The number of nitrogens with one attached hydrogen (secondary N) is 3. The fourth-order valence-electron chi connectivity index (χ4n) is 4.34. The van der Waals surface area contributed by atoms with Crippen molar-refractivity contribution >= 4 is 34.8 Å². The number of amides is 2. The lowest BCUT2D eigenvalue weighted by atomic mass is 9.91. The lowest BCUT2D eigenvalue weighted by molar-refractivity contribution is 0.0997. The van der Waals surface area contributed by atoms with Crippen molar-refractivity contribution in [2.75, 3.05) is 22.7 Å². The molecule has 12 heteroatoms. The summed E-state index contributed by atoms with van der Waals surface area (Å²) >= 11 is 0. The predicted molar refractivity (Wildman–Crippen MR) is 135 cm³/mol. The lowest BCUT2D eigenvalue weighted by Gasteiger charge is -2.30. The average molecular weight is 508 g/mol. The number of carbonyl (C=O) groups is 2. The molecule has 2 aromatic heterocycles. The summed E-state index contributed by atoms with van der Waals surface area (Å²) in [6.07, 6.45) is 6.56. The molecule has 5 rings (SSSR count). The Kier molecular flexibility index (Phi) is 6.73. The van der Waals surface area contributed by atoms with Crippen LogP contribution in [0.1, 0.15) is 46.4 Å². The summed E-state index contributed by atoms with van der Waals surface area (Å²) < 4.78 is 25.4. The Morgan fingerprint density at radius 3 is 2.59 bits per heavy atom. The number of hydrogen-bond donors (Lipinski definition) is 5. The molecular weight excluding hydrogens is 481 g/mol. The van der Waals surface area contributed by atoms with Crippen molar-refractivity contribution in [3.63, 3.8) is 0 Å². The van der Waals surface area contributed by atoms with Gasteiger partial charge in [0.1, 0.15) is 5.82 Å². The molecule has 1 aliphatic carbocycles. The van der Waals surface area contributed by atoms with Crippen LogP contribution in [0, 0.1) is 5.82 Å². The van der Waals surface area contributed by atoms with Crippen molar-refractivity contribution in [1.82, 2.24) is 9.97 Å². The number of aromatic nitrogens is 2. The zero-order chi connectivity index (χ0) is 25.9. The molecule has 0 spiro atoms. The summed E-state index contributed by atoms with van der Waals surface area (Å²) in [4.78, 5) is 33.2. The van der Waals surface area contributed by atoms with Crippen LogP contribution in [0.15, 0.2) is 42.7 Å². The van der Waals surface area contributed by atoms with E-state index in [4.69, 9.17) is 20.9 Å². The first-order valence-corrected chi connectivity index (χ1v) is 11.8. The first-order chi connectivity index (χ1) is 17.9. The van der Waals surface area contributed by atoms with Gasteiger partial charge in [0.2, 0.25) is 6.79 Å². The van der Waals surface area contributed by atoms with E-state index in [0.717, 1.165) is 31.7 Å². The third kappa shape index (κ3) is 5.38. The highest BCUT2D eigenvalue weighted by molar-refractivity contribution is 6.05. The molecule has 192 valence electrons. The second-order valence-corrected chi connectivity index (χ2v) is 8.89. The van der Waals surface area contributed by atoms with E-state index in [0.29, 0.717) is 28.4 Å². The van der Waals surface area contributed by atoms with Gasteiger partial charge in [0.15, 0.2) is 23.1 Å². The van der Waals surface area contributed by atoms with E-state index in [1.165, 1.54) is 12.4 Å². The highest BCUT2D eigenvalue weighted by atomic mass is 19.1. The van der Waals surface area contributed by atoms with Crippen LogP contribution in [0.2, 0.25) is 0 Å². The molecule has 11 nitrogen and oxygen atoms in total. The number of halogens is 1. The van der Waals surface area contributed by atoms with Gasteiger partial charge in [0.05, 0.1) is 29.3 Å². The topological polar surface area (TPSA) is 167 Å². The molecule has 7 N–H and O–H groups in total. The minimum absolute atomic E-state index is 0.0323. The molecule has 0 unspecified atom stereocenters. The third-order valence-corrected chi connectivity index (χ3v) is 6.28. The number of hydrogen-bond acceptors (Lipinski definition) is 9. The zero-order valence-corrected chi connectivity index (χ0v) is 19.8. The molecular formula is C25H26FN7O4. The Bertz CT molecular complexity index is 1350. The molecule has 2 atom stereocenters. The van der Waals surface area contributed by atoms with E-state index in [-0.39, 0.29) is 42.0 Å². The van der Waals surface area contributed by atoms with Crippen molar-refractivity contribution in [3.05, 3.63) is 59.7 Å². The maximum atomic E-state index is 14.8. The van der Waals surface area contributed by atoms with Crippen molar-refractivity contribution in [1.29, 1.82) is 0 Å². The summed E-state index contributed by atoms with van der Waals surface area (Å²) in [6.45, 7) is 0.105. The lowest BCUT2D eigenvalue weighted by Crippen LogP contribution is -2.43. The van der Waals surface area contributed by atoms with E-state index in [2.05, 4.69) is 25.9 Å². The number of nitrogens with zero attached hydrogens (tertiary/aromatic N) is 2. The van der Waals surface area contributed by atoms with E-state index >= 15 is 0 Å². The van der Waals surface area contributed by atoms with E-state index < -0.39 is 11.7 Å². The Hall–Kier alpha value is -4.45. The molecule has 1 saturated carbocycles. The summed E-state index contributed by atoms with van der Waals surface area (Å²) in [5.74, 6) is -0.876. The van der Waals surface area contributed by atoms with E-state index in [1.807, 2.05) is 0 Å². The standard InChI is InChI=1S/C25H26FN7O4/c26-17-9-16(22(28)34)23(33-24(17)32-19-4-2-1-3-18(19)27)30-14-8-15(11-29-10-14)31-25(35)13-5-6-20-21(7-13)37-12-36-20/h5-11,18-19H,1-4,12,27H2,(H2,28,34)(H,31,35)(H2,30,32,33)/t18-,19+/m0/s1. The van der Waals surface area contributed by atoms with Crippen LogP contribution < -0.4 is 36.9 Å². The van der Waals surface area contributed by atoms with Crippen molar-refractivity contribution in [2.45, 2.75) is 37.8 Å². The molecule has 0 radical (unpaired) electrons. The number of pyridine rings is 2. The quantitative estimate of drug-likeness (QED) is 0.323. The number of nitrogens with two attached hydrogens (primary N) is 2. The van der Waals surface area contributed by atoms with Gasteiger partial charge in [-0.05, 0) is 43.2 Å². The van der Waals surface area contributed by atoms with Gasteiger partial charge in [-0.3, -0.25) is 14.6 Å². The molecule has 0 saturated heterocycles. The SMILES string of the molecule is NC(=O)c1cc(F)c(N[C@@H]2CCCC[C@@H]2N)nc1Nc1cncc(NC(=O)c2ccc3c(c2)OCO3)c1. The Morgan fingerprint density at radius 2 is 1.78 bits per heavy atom. The number of ether oxygens (including phenoxy) is 2. The number of primary amides is 1. The molecule has 1 aliphatic heterocycles. The van der Waals surface area contributed by atoms with Gasteiger partial charge in [0.25, 0.3) is 11.8 Å². The van der Waals surface area contributed by atoms with Gasteiger partial charge < -0.3 is 36.9 Å². The molecule has 1 aromatic carbocycles. The maximum absolute atomic E-state index is 14.8. The number of carbonyl (C=O) groups excluding carboxylic acids is 2. The number of benzene rings is 1. The van der Waals surface area contributed by atoms with Crippen molar-refractivity contribution < 1.29 is 23.5 Å². The number of rotatable bonds is 7. The van der Waals surface area contributed by atoms with Crippen LogP contribution in [0.25, 0.3) is 0 Å². The highest BCUT2D eigenvalue weighted by Gasteiger charge is 2.24. The molecule has 2 aliphatic rings. The van der Waals surface area contributed by atoms with Crippen LogP contribution in [0.5, 0.6) is 11.5 Å². The second kappa shape index (κ2) is 10.3. The minimum atomic E-state index is -0.852. The molecule has 1 fully saturated rings. The van der Waals surface area contributed by atoms with Crippen LogP contribution >= 0.6 is 0 Å². The average Bonchev–Trinajstić information content (AvgIpc) is 3.35. The Labute approximate surface area is 211 Å². The molecule has 37 heavy (non-hydrogen) atoms. The van der Waals surface area contributed by atoms with Crippen LogP contribution in [0.3, 0.4) is 0 Å². The summed E-state index contributed by atoms with van der Waals surface area (Å²) in [5, 5.41) is 8.78. The van der Waals surface area contributed by atoms with Crippen molar-refractivity contribution in [2.24, 2.45) is 11.5 Å². The van der Waals surface area contributed by atoms with Gasteiger partial charge in [0, 0.05) is 17.6 Å². The van der Waals surface area contributed by atoms with Crippen molar-refractivity contribution in [3.8, 4) is 11.5 Å². The third-order valence-electron chi connectivity index (χ3n) is 6.28. The zero-order valence-electron chi connectivity index (χ0n) is 19.8. The Balaban J connectivity index is 1.35. The molecule has 3 heterocycles. The molecule has 3 aromatic rings. The van der Waals surface area contributed by atoms with E-state index in [1.54, 1.807) is 24.3 Å². The van der Waals surface area contributed by atoms with Crippen LogP contribution in [-0.4, -0.2) is 40.7 Å². The summed E-state index contributed by atoms with van der Waals surface area (Å²) in [7, 11) is 0. The maximum Gasteiger partial charge on any atom is 0.255 e. The summed E-state index contributed by atoms with van der Waals surface area (Å²) in [6, 6.07) is 7.22. The monoisotopic (exact) mass is 507 g/mol. The second-order valence-electron chi connectivity index (χ2n) is 8.89. The largest absolute Gasteiger partial charge is 0.454 e. The highest BCUT2D eigenvalue weighted by Crippen LogP contribution is 2.33. The fraction of sp³-hybridized carbons (Fsp3) is 0.280. The number of fused-ring (bicyclic) bond motifs is 1. The van der Waals surface area contributed by atoms with Gasteiger partial charge in [-0.15, -0.1) is 0 Å². The van der Waals surface area contributed by atoms with Crippen LogP contribution in [-0.2, 0) is 0 Å². The van der Waals surface area contributed by atoms with Gasteiger partial charge >= 0.3 is 0 Å². The predicted octanol–water partition coefficient (Wildman–Crippen LogP) is 3.12. The smallest absolute Gasteiger partial charge is 0.255 e. The Morgan fingerprint density at radius 1 is 1.00 bits per heavy atom.